The summed E-state index contributed by atoms with van der Waals surface area (Å²) in [5.74, 6) is -1.63. The van der Waals surface area contributed by atoms with Gasteiger partial charge in [-0.05, 0) is 78.6 Å². The summed E-state index contributed by atoms with van der Waals surface area (Å²) in [6, 6.07) is 0.567. The standard InChI is InChI=1S/C16H27NO6.C12H23N/c1-16(2,3)23-15(21)17-12(14(19)20)9-10-13(18)22-11-7-5-4-6-8-11;1-3-7-11(8-4-1)13-12-9-5-2-6-10-12/h11-12H,4-10H2,1-3H3,(H,17,21)(H,19,20);11-13H,1-10H2. The van der Waals surface area contributed by atoms with Crippen LogP contribution in [-0.4, -0.2) is 53.0 Å². The van der Waals surface area contributed by atoms with Crippen LogP contribution in [0.25, 0.3) is 0 Å². The van der Waals surface area contributed by atoms with Gasteiger partial charge in [0.25, 0.3) is 0 Å². The molecule has 0 bridgehead atoms. The van der Waals surface area contributed by atoms with Crippen molar-refractivity contribution in [2.75, 3.05) is 0 Å². The van der Waals surface area contributed by atoms with Crippen LogP contribution in [-0.2, 0) is 19.1 Å². The summed E-state index contributed by atoms with van der Waals surface area (Å²) in [6.45, 7) is 5.05. The van der Waals surface area contributed by atoms with E-state index in [0.29, 0.717) is 0 Å². The molecule has 1 atom stereocenters. The van der Waals surface area contributed by atoms with Crippen molar-refractivity contribution in [1.29, 1.82) is 0 Å². The summed E-state index contributed by atoms with van der Waals surface area (Å²) in [5.41, 5.74) is -0.715. The van der Waals surface area contributed by atoms with Crippen molar-refractivity contribution in [2.24, 2.45) is 0 Å². The van der Waals surface area contributed by atoms with Gasteiger partial charge in [0.2, 0.25) is 0 Å². The molecule has 0 saturated heterocycles. The summed E-state index contributed by atoms with van der Waals surface area (Å²) in [7, 11) is 0. The number of carboxylic acids is 1. The fourth-order valence-electron chi connectivity index (χ4n) is 5.27. The monoisotopic (exact) mass is 510 g/mol. The van der Waals surface area contributed by atoms with Gasteiger partial charge in [0.1, 0.15) is 17.7 Å². The van der Waals surface area contributed by atoms with Crippen molar-refractivity contribution in [1.82, 2.24) is 10.6 Å². The maximum atomic E-state index is 11.8. The third-order valence-electron chi connectivity index (χ3n) is 7.16. The van der Waals surface area contributed by atoms with E-state index in [2.05, 4.69) is 10.6 Å². The number of amides is 1. The first-order chi connectivity index (χ1) is 17.1. The Morgan fingerprint density at radius 3 is 1.72 bits per heavy atom. The van der Waals surface area contributed by atoms with Crippen LogP contribution in [0.1, 0.15) is 130 Å². The quantitative estimate of drug-likeness (QED) is 0.350. The number of aliphatic carboxylic acids is 1. The van der Waals surface area contributed by atoms with E-state index in [1.165, 1.54) is 64.2 Å². The van der Waals surface area contributed by atoms with Crippen LogP contribution >= 0.6 is 0 Å². The predicted molar refractivity (Wildman–Crippen MR) is 140 cm³/mol. The minimum absolute atomic E-state index is 0.0276. The van der Waals surface area contributed by atoms with Crippen LogP contribution in [0.2, 0.25) is 0 Å². The van der Waals surface area contributed by atoms with Crippen molar-refractivity contribution in [3.05, 3.63) is 0 Å². The molecule has 3 saturated carbocycles. The normalized spacial score (nSPS) is 21.0. The first-order valence-electron chi connectivity index (χ1n) is 14.3. The molecular formula is C28H50N2O6. The van der Waals surface area contributed by atoms with Crippen molar-refractivity contribution < 1.29 is 29.0 Å². The Bertz CT molecular complexity index is 643. The highest BCUT2D eigenvalue weighted by Crippen LogP contribution is 2.23. The maximum Gasteiger partial charge on any atom is 0.408 e. The lowest BCUT2D eigenvalue weighted by molar-refractivity contribution is -0.151. The average Bonchev–Trinajstić information content (AvgIpc) is 2.83. The van der Waals surface area contributed by atoms with Crippen LogP contribution in [0, 0.1) is 0 Å². The van der Waals surface area contributed by atoms with E-state index < -0.39 is 29.7 Å². The van der Waals surface area contributed by atoms with Crippen molar-refractivity contribution in [2.45, 2.75) is 160 Å². The van der Waals surface area contributed by atoms with Crippen LogP contribution in [0.15, 0.2) is 0 Å². The molecule has 1 amide bonds. The van der Waals surface area contributed by atoms with Crippen LogP contribution < -0.4 is 10.6 Å². The van der Waals surface area contributed by atoms with Gasteiger partial charge in [-0.25, -0.2) is 9.59 Å². The molecule has 8 nitrogen and oxygen atoms in total. The number of carbonyl (C=O) groups excluding carboxylic acids is 2. The zero-order chi connectivity index (χ0) is 26.4. The highest BCUT2D eigenvalue weighted by molar-refractivity contribution is 5.80. The Morgan fingerprint density at radius 2 is 1.28 bits per heavy atom. The third kappa shape index (κ3) is 13.5. The molecule has 0 aromatic carbocycles. The molecule has 1 unspecified atom stereocenters. The molecule has 3 aliphatic carbocycles. The van der Waals surface area contributed by atoms with Gasteiger partial charge >= 0.3 is 18.0 Å². The predicted octanol–water partition coefficient (Wildman–Crippen LogP) is 5.86. The lowest BCUT2D eigenvalue weighted by atomic mass is 9.91. The van der Waals surface area contributed by atoms with Gasteiger partial charge in [0, 0.05) is 18.5 Å². The molecule has 208 valence electrons. The second kappa shape index (κ2) is 16.1. The SMILES string of the molecule is C1CCC(NC2CCCCC2)CC1.CC(C)(C)OC(=O)NC(CCC(=O)OC1CCCCC1)C(=O)O. The summed E-state index contributed by atoms with van der Waals surface area (Å²) >= 11 is 0. The molecule has 0 spiro atoms. The Kier molecular flexibility index (Phi) is 13.6. The molecule has 3 rings (SSSR count). The minimum Gasteiger partial charge on any atom is -0.480 e. The molecule has 36 heavy (non-hydrogen) atoms. The van der Waals surface area contributed by atoms with Gasteiger partial charge in [-0.1, -0.05) is 44.9 Å². The van der Waals surface area contributed by atoms with Crippen LogP contribution in [0.5, 0.6) is 0 Å². The number of hydrogen-bond acceptors (Lipinski definition) is 6. The number of carbonyl (C=O) groups is 3. The maximum absolute atomic E-state index is 11.8. The highest BCUT2D eigenvalue weighted by Gasteiger charge is 2.26. The Balaban J connectivity index is 0.000000293. The molecule has 0 aromatic rings. The number of hydrogen-bond donors (Lipinski definition) is 3. The van der Waals surface area contributed by atoms with Gasteiger partial charge in [-0.15, -0.1) is 0 Å². The number of nitrogens with one attached hydrogen (secondary N) is 2. The van der Waals surface area contributed by atoms with Crippen LogP contribution in [0.3, 0.4) is 0 Å². The Morgan fingerprint density at radius 1 is 0.806 bits per heavy atom. The largest absolute Gasteiger partial charge is 0.480 e. The Hall–Kier alpha value is -1.83. The fraction of sp³-hybridized carbons (Fsp3) is 0.893. The van der Waals surface area contributed by atoms with E-state index in [9.17, 15) is 14.4 Å². The zero-order valence-electron chi connectivity index (χ0n) is 22.8. The van der Waals surface area contributed by atoms with Gasteiger partial charge in [0.15, 0.2) is 0 Å². The summed E-state index contributed by atoms with van der Waals surface area (Å²) in [5, 5.41) is 15.3. The molecule has 3 N–H and O–H groups in total. The molecule has 0 heterocycles. The zero-order valence-corrected chi connectivity index (χ0v) is 22.8. The number of carboxylic acid groups (broad SMARTS) is 1. The summed E-state index contributed by atoms with van der Waals surface area (Å²) in [4.78, 5) is 34.6. The van der Waals surface area contributed by atoms with Gasteiger partial charge < -0.3 is 25.2 Å². The minimum atomic E-state index is -1.21. The first-order valence-corrected chi connectivity index (χ1v) is 14.3. The van der Waals surface area contributed by atoms with Crippen LogP contribution in [0.4, 0.5) is 4.79 Å². The molecule has 8 heteroatoms. The van der Waals surface area contributed by atoms with Gasteiger partial charge in [0.05, 0.1) is 0 Å². The fourth-order valence-corrected chi connectivity index (χ4v) is 5.27. The Labute approximate surface area is 217 Å². The lowest BCUT2D eigenvalue weighted by Gasteiger charge is -2.30. The molecule has 3 fully saturated rings. The van der Waals surface area contributed by atoms with Crippen molar-refractivity contribution in [3.8, 4) is 0 Å². The van der Waals surface area contributed by atoms with E-state index in [4.69, 9.17) is 14.6 Å². The van der Waals surface area contributed by atoms with E-state index in [0.717, 1.165) is 44.2 Å². The number of ether oxygens (including phenoxy) is 2. The molecule has 0 aliphatic heterocycles. The van der Waals surface area contributed by atoms with E-state index in [1.807, 2.05) is 0 Å². The number of alkyl carbamates (subject to hydrolysis) is 1. The van der Waals surface area contributed by atoms with Gasteiger partial charge in [-0.3, -0.25) is 4.79 Å². The lowest BCUT2D eigenvalue weighted by Crippen LogP contribution is -2.43. The number of rotatable bonds is 8. The second-order valence-corrected chi connectivity index (χ2v) is 11.7. The topological polar surface area (TPSA) is 114 Å². The molecular weight excluding hydrogens is 460 g/mol. The highest BCUT2D eigenvalue weighted by atomic mass is 16.6. The molecule has 0 radical (unpaired) electrons. The van der Waals surface area contributed by atoms with E-state index in [-0.39, 0.29) is 18.9 Å². The first kappa shape index (κ1) is 30.4. The smallest absolute Gasteiger partial charge is 0.408 e. The third-order valence-corrected chi connectivity index (χ3v) is 7.16. The average molecular weight is 511 g/mol. The van der Waals surface area contributed by atoms with Crippen molar-refractivity contribution >= 4 is 18.0 Å². The second-order valence-electron chi connectivity index (χ2n) is 11.7. The van der Waals surface area contributed by atoms with Gasteiger partial charge in [-0.2, -0.15) is 0 Å². The molecule has 3 aliphatic rings. The van der Waals surface area contributed by atoms with E-state index in [1.54, 1.807) is 20.8 Å². The number of esters is 1. The van der Waals surface area contributed by atoms with Crippen molar-refractivity contribution in [3.63, 3.8) is 0 Å². The molecule has 0 aromatic heterocycles. The van der Waals surface area contributed by atoms with E-state index >= 15 is 0 Å². The summed E-state index contributed by atoms with van der Waals surface area (Å²) in [6.07, 6.45) is 18.6. The summed E-state index contributed by atoms with van der Waals surface area (Å²) < 4.78 is 10.3.